The van der Waals surface area contributed by atoms with Crippen LogP contribution in [0.1, 0.15) is 0 Å². The maximum absolute atomic E-state index is 10.8. The summed E-state index contributed by atoms with van der Waals surface area (Å²) in [6.07, 6.45) is -3.53. The Hall–Kier alpha value is -3.62. The van der Waals surface area contributed by atoms with Crippen LogP contribution < -0.4 is 28.4 Å². The second kappa shape index (κ2) is 11.0. The Morgan fingerprint density at radius 2 is 1.03 bits per heavy atom. The van der Waals surface area contributed by atoms with Crippen LogP contribution in [0.15, 0.2) is 72.8 Å². The van der Waals surface area contributed by atoms with Gasteiger partial charge in [-0.25, -0.2) is 0 Å². The summed E-state index contributed by atoms with van der Waals surface area (Å²) in [7, 11) is 4.69. The highest BCUT2D eigenvalue weighted by Gasteiger charge is 2.48. The average Bonchev–Trinajstić information content (AvgIpc) is 3.17. The normalized spacial score (nSPS) is 21.5. The Bertz CT molecular complexity index is 1070. The minimum atomic E-state index is -1.27. The molecule has 0 amide bonds. The molecular weight excluding hydrogens is 440 g/mol. The molecule has 0 bridgehead atoms. The van der Waals surface area contributed by atoms with Crippen molar-refractivity contribution in [3.05, 3.63) is 72.8 Å². The minimum absolute atomic E-state index is 0.0863. The van der Waals surface area contributed by atoms with Gasteiger partial charge in [-0.15, -0.1) is 0 Å². The van der Waals surface area contributed by atoms with Crippen molar-refractivity contribution in [2.75, 3.05) is 27.9 Å². The highest BCUT2D eigenvalue weighted by molar-refractivity contribution is 5.41. The lowest BCUT2D eigenvalue weighted by atomic mass is 10.1. The van der Waals surface area contributed by atoms with Gasteiger partial charge in [-0.3, -0.25) is 0 Å². The van der Waals surface area contributed by atoms with E-state index in [4.69, 9.17) is 33.2 Å². The summed E-state index contributed by atoms with van der Waals surface area (Å²) < 4.78 is 40.4. The summed E-state index contributed by atoms with van der Waals surface area (Å²) in [6.45, 7) is 0.0863. The lowest BCUT2D eigenvalue weighted by Gasteiger charge is -2.26. The smallest absolute Gasteiger partial charge is 0.196 e. The van der Waals surface area contributed by atoms with Gasteiger partial charge in [0.25, 0.3) is 0 Å². The van der Waals surface area contributed by atoms with E-state index in [0.717, 1.165) is 0 Å². The number of aliphatic hydroxyl groups excluding tert-OH is 1. The van der Waals surface area contributed by atoms with Crippen LogP contribution in [0.5, 0.6) is 34.5 Å². The van der Waals surface area contributed by atoms with Gasteiger partial charge in [0.1, 0.15) is 12.7 Å². The van der Waals surface area contributed by atoms with E-state index >= 15 is 0 Å². The monoisotopic (exact) mass is 468 g/mol. The summed E-state index contributed by atoms with van der Waals surface area (Å²) in [6, 6.07) is 21.7. The number of methoxy groups -OCH3 is 3. The maximum Gasteiger partial charge on any atom is 0.196 e. The molecule has 1 fully saturated rings. The van der Waals surface area contributed by atoms with E-state index in [2.05, 4.69) is 0 Å². The van der Waals surface area contributed by atoms with Gasteiger partial charge < -0.3 is 38.3 Å². The Morgan fingerprint density at radius 1 is 0.618 bits per heavy atom. The lowest BCUT2D eigenvalue weighted by molar-refractivity contribution is -0.126. The van der Waals surface area contributed by atoms with E-state index in [-0.39, 0.29) is 6.61 Å². The van der Waals surface area contributed by atoms with Gasteiger partial charge in [0.15, 0.2) is 53.0 Å². The van der Waals surface area contributed by atoms with Gasteiger partial charge in [-0.2, -0.15) is 0 Å². The summed E-state index contributed by atoms with van der Waals surface area (Å²) in [5, 5.41) is 10.8. The number of benzene rings is 3. The van der Waals surface area contributed by atoms with Crippen molar-refractivity contribution in [2.45, 2.75) is 24.6 Å². The molecule has 8 heteroatoms. The molecule has 0 saturated carbocycles. The van der Waals surface area contributed by atoms with Crippen molar-refractivity contribution < 1.29 is 38.3 Å². The largest absolute Gasteiger partial charge is 0.493 e. The van der Waals surface area contributed by atoms with Crippen LogP contribution in [0.4, 0.5) is 0 Å². The molecule has 1 aliphatic heterocycles. The molecule has 4 atom stereocenters. The molecule has 0 radical (unpaired) electrons. The fourth-order valence-corrected chi connectivity index (χ4v) is 3.75. The van der Waals surface area contributed by atoms with E-state index in [9.17, 15) is 5.11 Å². The topological polar surface area (TPSA) is 84.8 Å². The minimum Gasteiger partial charge on any atom is -0.493 e. The first-order valence-corrected chi connectivity index (χ1v) is 10.8. The predicted molar refractivity (Wildman–Crippen MR) is 124 cm³/mol. The molecule has 0 aliphatic carbocycles. The third-order valence-electron chi connectivity index (χ3n) is 5.42. The van der Waals surface area contributed by atoms with Gasteiger partial charge in [-0.1, -0.05) is 36.4 Å². The van der Waals surface area contributed by atoms with Crippen LogP contribution in [0.3, 0.4) is 0 Å². The van der Waals surface area contributed by atoms with Crippen LogP contribution in [-0.2, 0) is 4.74 Å². The van der Waals surface area contributed by atoms with Crippen LogP contribution in [-0.4, -0.2) is 57.6 Å². The molecule has 1 N–H and O–H groups in total. The molecule has 8 nitrogen and oxygen atoms in total. The highest BCUT2D eigenvalue weighted by Crippen LogP contribution is 2.36. The first-order chi connectivity index (χ1) is 16.6. The van der Waals surface area contributed by atoms with Crippen molar-refractivity contribution in [2.24, 2.45) is 0 Å². The van der Waals surface area contributed by atoms with E-state index in [0.29, 0.717) is 34.5 Å². The molecule has 4 rings (SSSR count). The quantitative estimate of drug-likeness (QED) is 0.482. The molecule has 1 heterocycles. The van der Waals surface area contributed by atoms with Crippen LogP contribution >= 0.6 is 0 Å². The molecule has 1 aliphatic rings. The third kappa shape index (κ3) is 5.13. The zero-order chi connectivity index (χ0) is 23.9. The summed E-state index contributed by atoms with van der Waals surface area (Å²) >= 11 is 0. The van der Waals surface area contributed by atoms with E-state index in [1.54, 1.807) is 57.7 Å². The lowest BCUT2D eigenvalue weighted by Crippen LogP contribution is -2.43. The van der Waals surface area contributed by atoms with E-state index in [1.807, 2.05) is 36.4 Å². The molecule has 3 aromatic carbocycles. The van der Waals surface area contributed by atoms with Crippen molar-refractivity contribution in [3.63, 3.8) is 0 Å². The maximum atomic E-state index is 10.8. The highest BCUT2D eigenvalue weighted by atomic mass is 16.7. The number of para-hydroxylation sites is 6. The molecular formula is C26H28O8. The molecule has 180 valence electrons. The number of hydrogen-bond donors (Lipinski definition) is 1. The fraction of sp³-hybridized carbons (Fsp3) is 0.308. The number of aliphatic hydroxyl groups is 1. The molecule has 1 saturated heterocycles. The predicted octanol–water partition coefficient (Wildman–Crippen LogP) is 3.70. The number of hydrogen-bond acceptors (Lipinski definition) is 8. The first kappa shape index (κ1) is 23.5. The second-order valence-electron chi connectivity index (χ2n) is 7.49. The zero-order valence-electron chi connectivity index (χ0n) is 19.2. The Balaban J connectivity index is 1.60. The van der Waals surface area contributed by atoms with Crippen LogP contribution in [0.2, 0.25) is 0 Å². The molecule has 34 heavy (non-hydrogen) atoms. The fourth-order valence-electron chi connectivity index (χ4n) is 3.75. The van der Waals surface area contributed by atoms with Gasteiger partial charge in [0.2, 0.25) is 0 Å². The van der Waals surface area contributed by atoms with Crippen LogP contribution in [0.25, 0.3) is 0 Å². The zero-order valence-corrected chi connectivity index (χ0v) is 19.2. The summed E-state index contributed by atoms with van der Waals surface area (Å²) in [5.41, 5.74) is 0. The SMILES string of the molecule is COc1ccccc1OC[C@@H]1O[C@@H](O)[C@H](Oc2ccccc2OC)[C@@H]1Oc1ccccc1OC. The van der Waals surface area contributed by atoms with Crippen molar-refractivity contribution >= 4 is 0 Å². The third-order valence-corrected chi connectivity index (χ3v) is 5.42. The summed E-state index contributed by atoms with van der Waals surface area (Å²) in [4.78, 5) is 0. The van der Waals surface area contributed by atoms with E-state index in [1.165, 1.54) is 0 Å². The molecule has 0 spiro atoms. The number of rotatable bonds is 10. The molecule has 0 unspecified atom stereocenters. The van der Waals surface area contributed by atoms with Crippen LogP contribution in [0, 0.1) is 0 Å². The van der Waals surface area contributed by atoms with Crippen molar-refractivity contribution in [1.82, 2.24) is 0 Å². The first-order valence-electron chi connectivity index (χ1n) is 10.8. The standard InChI is InChI=1S/C26H28O8/c1-28-17-10-4-7-13-20(17)31-16-23-24(32-21-14-8-5-11-18(21)29-2)25(26(27)34-23)33-22-15-9-6-12-19(22)30-3/h4-15,23-27H,16H2,1-3H3/t23-,24+,25+,26+/m0/s1. The second-order valence-corrected chi connectivity index (χ2v) is 7.49. The van der Waals surface area contributed by atoms with E-state index < -0.39 is 24.6 Å². The van der Waals surface area contributed by atoms with Gasteiger partial charge in [-0.05, 0) is 36.4 Å². The number of ether oxygens (including phenoxy) is 7. The molecule has 0 aromatic heterocycles. The Labute approximate surface area is 198 Å². The average molecular weight is 469 g/mol. The molecule has 3 aromatic rings. The Kier molecular flexibility index (Phi) is 7.61. The summed E-state index contributed by atoms with van der Waals surface area (Å²) in [5.74, 6) is 3.16. The van der Waals surface area contributed by atoms with Crippen molar-refractivity contribution in [3.8, 4) is 34.5 Å². The Morgan fingerprint density at radius 3 is 1.53 bits per heavy atom. The van der Waals surface area contributed by atoms with Gasteiger partial charge in [0, 0.05) is 0 Å². The van der Waals surface area contributed by atoms with Gasteiger partial charge in [0.05, 0.1) is 21.3 Å². The van der Waals surface area contributed by atoms with Gasteiger partial charge >= 0.3 is 0 Å². The van der Waals surface area contributed by atoms with Crippen molar-refractivity contribution in [1.29, 1.82) is 0 Å².